The summed E-state index contributed by atoms with van der Waals surface area (Å²) in [6.07, 6.45) is 3.82. The first kappa shape index (κ1) is 13.1. The highest BCUT2D eigenvalue weighted by atomic mass is 16.1. The predicted molar refractivity (Wildman–Crippen MR) is 74.8 cm³/mol. The minimum atomic E-state index is 0.124. The summed E-state index contributed by atoms with van der Waals surface area (Å²) in [7, 11) is 0. The second kappa shape index (κ2) is 6.01. The highest BCUT2D eigenvalue weighted by Gasteiger charge is 2.18. The van der Waals surface area contributed by atoms with Crippen molar-refractivity contribution in [3.8, 4) is 0 Å². The van der Waals surface area contributed by atoms with Gasteiger partial charge in [0.05, 0.1) is 0 Å². The normalized spacial score (nSPS) is 18.9. The van der Waals surface area contributed by atoms with E-state index >= 15 is 0 Å². The lowest BCUT2D eigenvalue weighted by Crippen LogP contribution is -2.27. The number of hydrogen-bond donors (Lipinski definition) is 2. The van der Waals surface area contributed by atoms with E-state index in [0.717, 1.165) is 30.6 Å². The molecule has 1 aliphatic rings. The Labute approximate surface area is 109 Å². The molecule has 1 aliphatic heterocycles. The van der Waals surface area contributed by atoms with E-state index in [0.29, 0.717) is 12.5 Å². The van der Waals surface area contributed by atoms with Crippen molar-refractivity contribution in [2.45, 2.75) is 45.6 Å². The third-order valence-electron chi connectivity index (χ3n) is 3.60. The molecule has 2 rings (SSSR count). The molecule has 1 fully saturated rings. The lowest BCUT2D eigenvalue weighted by Gasteiger charge is -2.15. The van der Waals surface area contributed by atoms with Gasteiger partial charge < -0.3 is 10.6 Å². The maximum atomic E-state index is 12.0. The van der Waals surface area contributed by atoms with Crippen LogP contribution in [0.4, 0.5) is 5.69 Å². The molecule has 1 aromatic carbocycles. The summed E-state index contributed by atoms with van der Waals surface area (Å²) in [4.78, 5) is 12.0. The third-order valence-corrected chi connectivity index (χ3v) is 3.60. The summed E-state index contributed by atoms with van der Waals surface area (Å²) < 4.78 is 0. The topological polar surface area (TPSA) is 41.1 Å². The van der Waals surface area contributed by atoms with Gasteiger partial charge in [-0.25, -0.2) is 0 Å². The average molecular weight is 246 g/mol. The van der Waals surface area contributed by atoms with E-state index in [9.17, 15) is 4.79 Å². The summed E-state index contributed by atoms with van der Waals surface area (Å²) in [6.45, 7) is 5.20. The van der Waals surface area contributed by atoms with Gasteiger partial charge in [0.2, 0.25) is 5.91 Å². The van der Waals surface area contributed by atoms with Crippen LogP contribution in [-0.4, -0.2) is 18.5 Å². The van der Waals surface area contributed by atoms with Gasteiger partial charge in [-0.15, -0.1) is 0 Å². The van der Waals surface area contributed by atoms with Crippen LogP contribution in [0.2, 0.25) is 0 Å². The van der Waals surface area contributed by atoms with Crippen molar-refractivity contribution in [3.63, 3.8) is 0 Å². The van der Waals surface area contributed by atoms with Gasteiger partial charge in [-0.3, -0.25) is 4.79 Å². The molecule has 0 saturated carbocycles. The molecular weight excluding hydrogens is 224 g/mol. The van der Waals surface area contributed by atoms with Gasteiger partial charge in [0.25, 0.3) is 0 Å². The van der Waals surface area contributed by atoms with Gasteiger partial charge in [-0.05, 0) is 43.9 Å². The molecule has 2 N–H and O–H groups in total. The summed E-state index contributed by atoms with van der Waals surface area (Å²) in [5, 5.41) is 6.43. The number of aryl methyl sites for hydroxylation is 2. The molecule has 1 atom stereocenters. The maximum Gasteiger partial charge on any atom is 0.225 e. The second-order valence-corrected chi connectivity index (χ2v) is 5.01. The van der Waals surface area contributed by atoms with E-state index in [1.807, 2.05) is 19.1 Å². The largest absolute Gasteiger partial charge is 0.326 e. The van der Waals surface area contributed by atoms with Gasteiger partial charge in [0.1, 0.15) is 0 Å². The van der Waals surface area contributed by atoms with Crippen LogP contribution in [0.1, 0.15) is 37.3 Å². The van der Waals surface area contributed by atoms with Crippen molar-refractivity contribution >= 4 is 11.6 Å². The van der Waals surface area contributed by atoms with Crippen LogP contribution >= 0.6 is 0 Å². The predicted octanol–water partition coefficient (Wildman–Crippen LogP) is 2.64. The summed E-state index contributed by atoms with van der Waals surface area (Å²) in [5.74, 6) is 0.124. The molecule has 0 aliphatic carbocycles. The van der Waals surface area contributed by atoms with E-state index in [2.05, 4.69) is 23.6 Å². The number of anilines is 1. The SMILES string of the molecule is CCc1cccc(C)c1NC(=O)CC1CCCN1. The van der Waals surface area contributed by atoms with Crippen molar-refractivity contribution in [2.75, 3.05) is 11.9 Å². The number of carbonyl (C=O) groups excluding carboxylic acids is 1. The van der Waals surface area contributed by atoms with Gasteiger partial charge in [0, 0.05) is 18.2 Å². The fourth-order valence-electron chi connectivity index (χ4n) is 2.55. The fraction of sp³-hybridized carbons (Fsp3) is 0.533. The fourth-order valence-corrected chi connectivity index (χ4v) is 2.55. The zero-order chi connectivity index (χ0) is 13.0. The zero-order valence-corrected chi connectivity index (χ0v) is 11.3. The standard InChI is InChI=1S/C15H22N2O/c1-3-12-7-4-6-11(2)15(12)17-14(18)10-13-8-5-9-16-13/h4,6-7,13,16H,3,5,8-10H2,1-2H3,(H,17,18). The molecule has 3 heteroatoms. The molecule has 3 nitrogen and oxygen atoms in total. The van der Waals surface area contributed by atoms with Crippen LogP contribution in [-0.2, 0) is 11.2 Å². The molecule has 18 heavy (non-hydrogen) atoms. The van der Waals surface area contributed by atoms with Crippen LogP contribution in [0.3, 0.4) is 0 Å². The maximum absolute atomic E-state index is 12.0. The Balaban J connectivity index is 2.01. The number of benzene rings is 1. The van der Waals surface area contributed by atoms with Crippen molar-refractivity contribution in [1.29, 1.82) is 0 Å². The number of rotatable bonds is 4. The van der Waals surface area contributed by atoms with Gasteiger partial charge in [-0.2, -0.15) is 0 Å². The van der Waals surface area contributed by atoms with Crippen molar-refractivity contribution in [1.82, 2.24) is 5.32 Å². The monoisotopic (exact) mass is 246 g/mol. The molecule has 0 bridgehead atoms. The Morgan fingerprint density at radius 3 is 3.00 bits per heavy atom. The van der Waals surface area contributed by atoms with Crippen LogP contribution in [0.25, 0.3) is 0 Å². The first-order chi connectivity index (χ1) is 8.70. The molecule has 0 aromatic heterocycles. The summed E-state index contributed by atoms with van der Waals surface area (Å²) in [6, 6.07) is 6.53. The van der Waals surface area contributed by atoms with E-state index < -0.39 is 0 Å². The number of hydrogen-bond acceptors (Lipinski definition) is 2. The minimum absolute atomic E-state index is 0.124. The lowest BCUT2D eigenvalue weighted by molar-refractivity contribution is -0.116. The van der Waals surface area contributed by atoms with Crippen LogP contribution in [0, 0.1) is 6.92 Å². The van der Waals surface area contributed by atoms with E-state index in [1.165, 1.54) is 12.0 Å². The number of amides is 1. The summed E-state index contributed by atoms with van der Waals surface area (Å²) in [5.41, 5.74) is 3.35. The molecule has 0 radical (unpaired) electrons. The van der Waals surface area contributed by atoms with Crippen LogP contribution < -0.4 is 10.6 Å². The number of nitrogens with one attached hydrogen (secondary N) is 2. The Kier molecular flexibility index (Phi) is 4.37. The molecular formula is C15H22N2O. The second-order valence-electron chi connectivity index (χ2n) is 5.01. The molecule has 1 heterocycles. The van der Waals surface area contributed by atoms with E-state index in [1.54, 1.807) is 0 Å². The average Bonchev–Trinajstić information content (AvgIpc) is 2.84. The zero-order valence-electron chi connectivity index (χ0n) is 11.3. The first-order valence-corrected chi connectivity index (χ1v) is 6.82. The van der Waals surface area contributed by atoms with Gasteiger partial charge in [0.15, 0.2) is 0 Å². The molecule has 0 spiro atoms. The van der Waals surface area contributed by atoms with Crippen LogP contribution in [0.5, 0.6) is 0 Å². The molecule has 1 aromatic rings. The summed E-state index contributed by atoms with van der Waals surface area (Å²) >= 11 is 0. The Hall–Kier alpha value is -1.35. The van der Waals surface area contributed by atoms with Gasteiger partial charge in [-0.1, -0.05) is 25.1 Å². The molecule has 98 valence electrons. The highest BCUT2D eigenvalue weighted by molar-refractivity contribution is 5.92. The third kappa shape index (κ3) is 3.10. The Morgan fingerprint density at radius 1 is 1.50 bits per heavy atom. The van der Waals surface area contributed by atoms with Crippen molar-refractivity contribution in [3.05, 3.63) is 29.3 Å². The van der Waals surface area contributed by atoms with Crippen LogP contribution in [0.15, 0.2) is 18.2 Å². The van der Waals surface area contributed by atoms with Crippen molar-refractivity contribution < 1.29 is 4.79 Å². The molecule has 1 saturated heterocycles. The smallest absolute Gasteiger partial charge is 0.225 e. The van der Waals surface area contributed by atoms with Gasteiger partial charge >= 0.3 is 0 Å². The molecule has 1 amide bonds. The number of para-hydroxylation sites is 1. The minimum Gasteiger partial charge on any atom is -0.326 e. The Morgan fingerprint density at radius 2 is 2.33 bits per heavy atom. The highest BCUT2D eigenvalue weighted by Crippen LogP contribution is 2.21. The van der Waals surface area contributed by atoms with Crippen molar-refractivity contribution in [2.24, 2.45) is 0 Å². The Bertz CT molecular complexity index is 423. The number of carbonyl (C=O) groups is 1. The quantitative estimate of drug-likeness (QED) is 0.857. The van der Waals surface area contributed by atoms with E-state index in [4.69, 9.17) is 0 Å². The lowest BCUT2D eigenvalue weighted by atomic mass is 10.1. The van der Waals surface area contributed by atoms with E-state index in [-0.39, 0.29) is 5.91 Å². The molecule has 1 unspecified atom stereocenters. The first-order valence-electron chi connectivity index (χ1n) is 6.82.